The lowest BCUT2D eigenvalue weighted by Crippen LogP contribution is -2.63. The van der Waals surface area contributed by atoms with Crippen LogP contribution in [-0.4, -0.2) is 131 Å². The SMILES string of the molecule is CCCC(NC(=O)C(CC1CCCCC1)NC(=O)C(NC(=O)C(NC(OC)C(CCC1OC1O)NC(=O)C(CCC(=O)O)NC(C)=O)C(C)C)C1CCCCC1)C(=O)C(NCC(=O)O)=C1CCC1. The highest BCUT2D eigenvalue weighted by molar-refractivity contribution is 6.03. The van der Waals surface area contributed by atoms with E-state index in [1.165, 1.54) is 14.0 Å². The summed E-state index contributed by atoms with van der Waals surface area (Å²) in [5.41, 5.74) is 1.05. The Kier molecular flexibility index (Phi) is 23.1. The normalized spacial score (nSPS) is 21.6. The van der Waals surface area contributed by atoms with Crippen molar-refractivity contribution in [1.82, 2.24) is 37.2 Å². The Hall–Kier alpha value is -4.66. The van der Waals surface area contributed by atoms with Crippen LogP contribution in [0.15, 0.2) is 11.3 Å². The molecular weight excluding hydrogens is 883 g/mol. The highest BCUT2D eigenvalue weighted by Crippen LogP contribution is 2.31. The third kappa shape index (κ3) is 18.0. The largest absolute Gasteiger partial charge is 0.481 e. The van der Waals surface area contributed by atoms with Crippen LogP contribution in [0.4, 0.5) is 0 Å². The maximum atomic E-state index is 14.8. The van der Waals surface area contributed by atoms with Gasteiger partial charge in [0.2, 0.25) is 35.3 Å². The van der Waals surface area contributed by atoms with Gasteiger partial charge in [-0.2, -0.15) is 0 Å². The molecule has 0 aromatic rings. The van der Waals surface area contributed by atoms with Gasteiger partial charge in [-0.3, -0.25) is 43.7 Å². The molecule has 9 unspecified atom stereocenters. The standard InChI is InChI=1S/C48H79N7O13/c1-6-14-32(42(61)40(30-19-13-20-30)49-26-38(59)60)51-44(63)35(25-29-15-9-7-10-16-29)53-46(65)41(31-17-11-8-12-18-31)54-45(64)39(27(2)3)55-47(67-5)34(21-23-36-48(66)68-36)52-43(62)33(50-28(4)56)22-24-37(57)58/h27,29,31-36,39,41,47-49,55,66H,6-26H2,1-5H3,(H,50,56)(H,51,63)(H,52,62)(H,53,65)(H,54,64)(H,57,58)(H,59,60). The minimum Gasteiger partial charge on any atom is -0.481 e. The van der Waals surface area contributed by atoms with Crippen LogP contribution in [0.25, 0.3) is 0 Å². The summed E-state index contributed by atoms with van der Waals surface area (Å²) in [5.74, 6) is -5.94. The predicted octanol–water partition coefficient (Wildman–Crippen LogP) is 2.41. The Morgan fingerprint density at radius 1 is 0.721 bits per heavy atom. The van der Waals surface area contributed by atoms with Crippen LogP contribution in [-0.2, 0) is 47.8 Å². The second-order valence-corrected chi connectivity index (χ2v) is 19.5. The summed E-state index contributed by atoms with van der Waals surface area (Å²) >= 11 is 0. The first-order valence-electron chi connectivity index (χ1n) is 25.0. The van der Waals surface area contributed by atoms with Gasteiger partial charge in [-0.05, 0) is 87.5 Å². The molecule has 0 spiro atoms. The second-order valence-electron chi connectivity index (χ2n) is 19.5. The summed E-state index contributed by atoms with van der Waals surface area (Å²) in [6.45, 7) is 6.27. The molecular formula is C48H79N7O13. The van der Waals surface area contributed by atoms with E-state index < -0.39 is 109 Å². The summed E-state index contributed by atoms with van der Waals surface area (Å²) < 4.78 is 11.1. The number of ether oxygens (including phenoxy) is 2. The van der Waals surface area contributed by atoms with Crippen LogP contribution >= 0.6 is 0 Å². The van der Waals surface area contributed by atoms with E-state index in [0.29, 0.717) is 51.4 Å². The maximum Gasteiger partial charge on any atom is 0.322 e. The molecule has 10 N–H and O–H groups in total. The molecule has 3 saturated carbocycles. The van der Waals surface area contributed by atoms with Gasteiger partial charge < -0.3 is 56.7 Å². The van der Waals surface area contributed by atoms with Crippen molar-refractivity contribution in [3.8, 4) is 0 Å². The number of carbonyl (C=O) groups excluding carboxylic acids is 6. The third-order valence-corrected chi connectivity index (χ3v) is 13.7. The van der Waals surface area contributed by atoms with Gasteiger partial charge in [0.15, 0.2) is 6.29 Å². The lowest BCUT2D eigenvalue weighted by atomic mass is 9.82. The average molecular weight is 962 g/mol. The Morgan fingerprint density at radius 3 is 1.87 bits per heavy atom. The lowest BCUT2D eigenvalue weighted by Gasteiger charge is -2.36. The molecule has 0 radical (unpaired) electrons. The van der Waals surface area contributed by atoms with Crippen LogP contribution in [0.3, 0.4) is 0 Å². The van der Waals surface area contributed by atoms with Crippen molar-refractivity contribution in [1.29, 1.82) is 0 Å². The number of aliphatic hydroxyl groups is 1. The molecule has 4 rings (SSSR count). The molecule has 68 heavy (non-hydrogen) atoms. The summed E-state index contributed by atoms with van der Waals surface area (Å²) in [7, 11) is 1.39. The highest BCUT2D eigenvalue weighted by atomic mass is 16.7. The number of carboxylic acids is 2. The van der Waals surface area contributed by atoms with E-state index in [1.54, 1.807) is 0 Å². The Balaban J connectivity index is 1.58. The monoisotopic (exact) mass is 962 g/mol. The number of ketones is 1. The zero-order valence-electron chi connectivity index (χ0n) is 40.7. The highest BCUT2D eigenvalue weighted by Gasteiger charge is 2.41. The number of hydrogen-bond donors (Lipinski definition) is 10. The number of allylic oxidation sites excluding steroid dienone is 1. The van der Waals surface area contributed by atoms with Crippen LogP contribution in [0.5, 0.6) is 0 Å². The van der Waals surface area contributed by atoms with Crippen LogP contribution in [0, 0.1) is 17.8 Å². The van der Waals surface area contributed by atoms with Crippen molar-refractivity contribution in [3.05, 3.63) is 11.3 Å². The number of hydrogen-bond acceptors (Lipinski definition) is 13. The lowest BCUT2D eigenvalue weighted by molar-refractivity contribution is -0.138. The summed E-state index contributed by atoms with van der Waals surface area (Å²) in [5, 5.41) is 49.0. The number of aliphatic hydroxyl groups excluding tert-OH is 1. The van der Waals surface area contributed by atoms with Crippen LogP contribution in [0.2, 0.25) is 0 Å². The molecule has 0 bridgehead atoms. The van der Waals surface area contributed by atoms with Crippen molar-refractivity contribution in [2.24, 2.45) is 17.8 Å². The number of carbonyl (C=O) groups is 8. The fourth-order valence-electron chi connectivity index (χ4n) is 9.66. The molecule has 20 heteroatoms. The third-order valence-electron chi connectivity index (χ3n) is 13.7. The number of Topliss-reactive ketones (excluding diaryl/α,β-unsaturated/α-hetero) is 1. The minimum atomic E-state index is -1.18. The zero-order chi connectivity index (χ0) is 49.9. The van der Waals surface area contributed by atoms with Crippen molar-refractivity contribution >= 4 is 47.3 Å². The Labute approximate surface area is 400 Å². The summed E-state index contributed by atoms with van der Waals surface area (Å²) in [6, 6.07) is -6.06. The zero-order valence-corrected chi connectivity index (χ0v) is 40.7. The van der Waals surface area contributed by atoms with Gasteiger partial charge in [0, 0.05) is 20.5 Å². The van der Waals surface area contributed by atoms with Gasteiger partial charge in [0.1, 0.15) is 37.0 Å². The van der Waals surface area contributed by atoms with Crippen LogP contribution < -0.4 is 37.2 Å². The molecule has 0 aromatic carbocycles. The molecule has 0 aromatic heterocycles. The first kappa shape index (κ1) is 55.9. The molecule has 3 aliphatic carbocycles. The van der Waals surface area contributed by atoms with Gasteiger partial charge >= 0.3 is 11.9 Å². The smallest absolute Gasteiger partial charge is 0.322 e. The number of aliphatic carboxylic acids is 2. The summed E-state index contributed by atoms with van der Waals surface area (Å²) in [6.07, 6.45) is 9.58. The maximum absolute atomic E-state index is 14.8. The molecule has 1 saturated heterocycles. The van der Waals surface area contributed by atoms with Crippen LogP contribution in [0.1, 0.15) is 156 Å². The van der Waals surface area contributed by atoms with Gasteiger partial charge in [0.05, 0.1) is 23.8 Å². The molecule has 384 valence electrons. The van der Waals surface area contributed by atoms with E-state index in [4.69, 9.17) is 9.47 Å². The molecule has 4 aliphatic rings. The van der Waals surface area contributed by atoms with Crippen molar-refractivity contribution in [2.45, 2.75) is 211 Å². The Bertz CT molecular complexity index is 1760. The number of amides is 5. The average Bonchev–Trinajstić information content (AvgIpc) is 4.00. The fraction of sp³-hybridized carbons (Fsp3) is 0.792. The summed E-state index contributed by atoms with van der Waals surface area (Å²) in [4.78, 5) is 106. The van der Waals surface area contributed by atoms with Crippen molar-refractivity contribution in [3.63, 3.8) is 0 Å². The molecule has 1 aliphatic heterocycles. The number of carboxylic acid groups (broad SMARTS) is 2. The molecule has 9 atom stereocenters. The number of methoxy groups -OCH3 is 1. The first-order valence-corrected chi connectivity index (χ1v) is 25.0. The van der Waals surface area contributed by atoms with Crippen molar-refractivity contribution < 1.29 is 63.1 Å². The first-order chi connectivity index (χ1) is 32.4. The second kappa shape index (κ2) is 28.1. The van der Waals surface area contributed by atoms with E-state index in [2.05, 4.69) is 37.2 Å². The molecule has 20 nitrogen and oxygen atoms in total. The fourth-order valence-corrected chi connectivity index (χ4v) is 9.66. The topological polar surface area (TPSA) is 303 Å². The van der Waals surface area contributed by atoms with Gasteiger partial charge in [0.25, 0.3) is 0 Å². The van der Waals surface area contributed by atoms with Gasteiger partial charge in [-0.25, -0.2) is 0 Å². The molecule has 1 heterocycles. The van der Waals surface area contributed by atoms with Gasteiger partial charge in [-0.15, -0.1) is 0 Å². The Morgan fingerprint density at radius 2 is 1.34 bits per heavy atom. The minimum absolute atomic E-state index is 0.141. The van der Waals surface area contributed by atoms with E-state index in [0.717, 1.165) is 63.4 Å². The predicted molar refractivity (Wildman–Crippen MR) is 249 cm³/mol. The molecule has 4 fully saturated rings. The number of nitrogens with one attached hydrogen (secondary N) is 7. The van der Waals surface area contributed by atoms with E-state index >= 15 is 0 Å². The quantitative estimate of drug-likeness (QED) is 0.0281. The molecule has 5 amide bonds. The van der Waals surface area contributed by atoms with E-state index in [-0.39, 0.29) is 42.6 Å². The van der Waals surface area contributed by atoms with E-state index in [9.17, 15) is 53.7 Å². The van der Waals surface area contributed by atoms with Crippen molar-refractivity contribution in [2.75, 3.05) is 13.7 Å². The number of epoxide rings is 1. The van der Waals surface area contributed by atoms with E-state index in [1.807, 2.05) is 20.8 Å². The number of rotatable bonds is 30. The van der Waals surface area contributed by atoms with Gasteiger partial charge in [-0.1, -0.05) is 78.6 Å².